The summed E-state index contributed by atoms with van der Waals surface area (Å²) in [6.45, 7) is 4.04. The van der Waals surface area contributed by atoms with Gasteiger partial charge in [-0.25, -0.2) is 9.69 Å². The molecule has 2 heterocycles. The van der Waals surface area contributed by atoms with Gasteiger partial charge in [-0.2, -0.15) is 0 Å². The van der Waals surface area contributed by atoms with Crippen LogP contribution in [0, 0.1) is 0 Å². The van der Waals surface area contributed by atoms with E-state index in [1.54, 1.807) is 4.90 Å². The van der Waals surface area contributed by atoms with E-state index >= 15 is 0 Å². The number of hydrogen-bond acceptors (Lipinski definition) is 4. The summed E-state index contributed by atoms with van der Waals surface area (Å²) in [4.78, 5) is 39.3. The minimum absolute atomic E-state index is 0.00222. The summed E-state index contributed by atoms with van der Waals surface area (Å²) in [6.07, 6.45) is 5.36. The van der Waals surface area contributed by atoms with Crippen molar-refractivity contribution in [2.45, 2.75) is 37.7 Å². The van der Waals surface area contributed by atoms with Crippen molar-refractivity contribution in [3.05, 3.63) is 41.5 Å². The van der Waals surface area contributed by atoms with Gasteiger partial charge in [0.1, 0.15) is 6.54 Å². The van der Waals surface area contributed by atoms with E-state index in [0.29, 0.717) is 13.1 Å². The maximum absolute atomic E-state index is 12.6. The standard InChI is InChI=1S/C20H22N2O4/c1-19(2)17(24)22(18(25)26-19)13-16(23)21-11-9-20(10-12-21)8-7-14-5-3-4-6-15(14)20/h3-8H,9-13H2,1-2H3. The Morgan fingerprint density at radius 2 is 1.85 bits per heavy atom. The number of cyclic esters (lactones) is 1. The normalized spacial score (nSPS) is 22.7. The molecule has 0 atom stereocenters. The fraction of sp³-hybridized carbons (Fsp3) is 0.450. The Balaban J connectivity index is 1.42. The lowest BCUT2D eigenvalue weighted by molar-refractivity contribution is -0.140. The number of hydrogen-bond donors (Lipinski definition) is 0. The molecule has 0 saturated carbocycles. The van der Waals surface area contributed by atoms with E-state index in [1.807, 2.05) is 6.07 Å². The van der Waals surface area contributed by atoms with Crippen LogP contribution in [0.25, 0.3) is 6.08 Å². The summed E-state index contributed by atoms with van der Waals surface area (Å²) in [5.74, 6) is -0.671. The molecule has 4 rings (SSSR count). The number of imide groups is 1. The van der Waals surface area contributed by atoms with Gasteiger partial charge in [0.05, 0.1) is 0 Å². The molecule has 0 radical (unpaired) electrons. The number of ether oxygens (including phenoxy) is 1. The van der Waals surface area contributed by atoms with Crippen molar-refractivity contribution in [1.29, 1.82) is 0 Å². The fourth-order valence-corrected chi connectivity index (χ4v) is 4.12. The van der Waals surface area contributed by atoms with Crippen molar-refractivity contribution >= 4 is 24.0 Å². The first-order valence-electron chi connectivity index (χ1n) is 8.94. The summed E-state index contributed by atoms with van der Waals surface area (Å²) in [5.41, 5.74) is 1.38. The molecular weight excluding hydrogens is 332 g/mol. The average Bonchev–Trinajstić information content (AvgIpc) is 3.06. The molecule has 136 valence electrons. The molecule has 1 aliphatic carbocycles. The van der Waals surface area contributed by atoms with E-state index in [2.05, 4.69) is 30.4 Å². The molecule has 1 spiro atoms. The summed E-state index contributed by atoms with van der Waals surface area (Å²) in [6, 6.07) is 8.37. The molecule has 0 bridgehead atoms. The quantitative estimate of drug-likeness (QED) is 0.818. The zero-order chi connectivity index (χ0) is 18.5. The number of fused-ring (bicyclic) bond motifs is 2. The van der Waals surface area contributed by atoms with E-state index in [9.17, 15) is 14.4 Å². The van der Waals surface area contributed by atoms with E-state index in [-0.39, 0.29) is 17.9 Å². The van der Waals surface area contributed by atoms with Crippen LogP contribution in [0.3, 0.4) is 0 Å². The van der Waals surface area contributed by atoms with Crippen molar-refractivity contribution in [1.82, 2.24) is 9.80 Å². The second-order valence-electron chi connectivity index (χ2n) is 7.73. The molecule has 6 heteroatoms. The van der Waals surface area contributed by atoms with Crippen molar-refractivity contribution in [3.63, 3.8) is 0 Å². The third-order valence-corrected chi connectivity index (χ3v) is 5.70. The molecule has 26 heavy (non-hydrogen) atoms. The number of allylic oxidation sites excluding steroid dienone is 1. The van der Waals surface area contributed by atoms with Gasteiger partial charge in [-0.3, -0.25) is 9.59 Å². The van der Waals surface area contributed by atoms with Gasteiger partial charge in [-0.05, 0) is 37.8 Å². The number of nitrogens with zero attached hydrogens (tertiary/aromatic N) is 2. The molecule has 3 aliphatic rings. The fourth-order valence-electron chi connectivity index (χ4n) is 4.12. The SMILES string of the molecule is CC1(C)OC(=O)N(CC(=O)N2CCC3(C=Cc4ccccc43)CC2)C1=O. The van der Waals surface area contributed by atoms with Crippen LogP contribution in [0.15, 0.2) is 30.3 Å². The van der Waals surface area contributed by atoms with Crippen LogP contribution in [0.2, 0.25) is 0 Å². The number of amides is 3. The van der Waals surface area contributed by atoms with Crippen LogP contribution in [0.4, 0.5) is 4.79 Å². The zero-order valence-corrected chi connectivity index (χ0v) is 15.0. The highest BCUT2D eigenvalue weighted by atomic mass is 16.6. The van der Waals surface area contributed by atoms with Crippen LogP contribution in [0.1, 0.15) is 37.8 Å². The molecule has 1 aromatic carbocycles. The second kappa shape index (κ2) is 5.69. The minimum atomic E-state index is -1.19. The smallest absolute Gasteiger partial charge is 0.418 e. The van der Waals surface area contributed by atoms with Crippen molar-refractivity contribution in [3.8, 4) is 0 Å². The molecule has 0 aromatic heterocycles. The molecule has 2 saturated heterocycles. The zero-order valence-electron chi connectivity index (χ0n) is 15.0. The number of likely N-dealkylation sites (tertiary alicyclic amines) is 1. The van der Waals surface area contributed by atoms with Gasteiger partial charge in [0.2, 0.25) is 5.91 Å². The van der Waals surface area contributed by atoms with E-state index in [1.165, 1.54) is 25.0 Å². The largest absolute Gasteiger partial charge is 0.433 e. The van der Waals surface area contributed by atoms with Crippen LogP contribution in [-0.4, -0.2) is 52.9 Å². The van der Waals surface area contributed by atoms with Gasteiger partial charge in [-0.15, -0.1) is 0 Å². The Morgan fingerprint density at radius 3 is 2.50 bits per heavy atom. The predicted octanol–water partition coefficient (Wildman–Crippen LogP) is 2.33. The maximum Gasteiger partial charge on any atom is 0.418 e. The number of rotatable bonds is 2. The first-order valence-corrected chi connectivity index (χ1v) is 8.94. The molecule has 3 amide bonds. The van der Waals surface area contributed by atoms with Crippen LogP contribution < -0.4 is 0 Å². The lowest BCUT2D eigenvalue weighted by atomic mass is 9.74. The first kappa shape index (κ1) is 16.8. The minimum Gasteiger partial charge on any atom is -0.433 e. The van der Waals surface area contributed by atoms with Crippen molar-refractivity contribution < 1.29 is 19.1 Å². The summed E-state index contributed by atoms with van der Waals surface area (Å²) < 4.78 is 5.03. The molecule has 0 unspecified atom stereocenters. The monoisotopic (exact) mass is 354 g/mol. The lowest BCUT2D eigenvalue weighted by Crippen LogP contribution is -2.49. The second-order valence-corrected chi connectivity index (χ2v) is 7.73. The highest BCUT2D eigenvalue weighted by Gasteiger charge is 2.48. The predicted molar refractivity (Wildman–Crippen MR) is 95.2 cm³/mol. The van der Waals surface area contributed by atoms with Gasteiger partial charge in [-0.1, -0.05) is 36.4 Å². The molecule has 0 N–H and O–H groups in total. The molecule has 2 aliphatic heterocycles. The number of carbonyl (C=O) groups is 3. The maximum atomic E-state index is 12.6. The van der Waals surface area contributed by atoms with Gasteiger partial charge in [0, 0.05) is 18.5 Å². The number of piperidine rings is 1. The number of benzene rings is 1. The van der Waals surface area contributed by atoms with Gasteiger partial charge in [0.25, 0.3) is 5.91 Å². The highest BCUT2D eigenvalue weighted by Crippen LogP contribution is 2.43. The third-order valence-electron chi connectivity index (χ3n) is 5.70. The lowest BCUT2D eigenvalue weighted by Gasteiger charge is -2.39. The van der Waals surface area contributed by atoms with Crippen LogP contribution in [0.5, 0.6) is 0 Å². The highest BCUT2D eigenvalue weighted by molar-refractivity contribution is 6.04. The van der Waals surface area contributed by atoms with Gasteiger partial charge in [0.15, 0.2) is 5.60 Å². The summed E-state index contributed by atoms with van der Waals surface area (Å²) >= 11 is 0. The van der Waals surface area contributed by atoms with Crippen molar-refractivity contribution in [2.75, 3.05) is 19.6 Å². The van der Waals surface area contributed by atoms with E-state index in [0.717, 1.165) is 17.7 Å². The summed E-state index contributed by atoms with van der Waals surface area (Å²) in [5, 5.41) is 0. The molecule has 6 nitrogen and oxygen atoms in total. The molecule has 2 fully saturated rings. The Kier molecular flexibility index (Phi) is 3.68. The molecular formula is C20H22N2O4. The third kappa shape index (κ3) is 2.52. The van der Waals surface area contributed by atoms with Gasteiger partial charge >= 0.3 is 6.09 Å². The Hall–Kier alpha value is -2.63. The number of carbonyl (C=O) groups excluding carboxylic acids is 3. The Morgan fingerprint density at radius 1 is 1.15 bits per heavy atom. The first-order chi connectivity index (χ1) is 12.3. The summed E-state index contributed by atoms with van der Waals surface area (Å²) in [7, 11) is 0. The average molecular weight is 354 g/mol. The topological polar surface area (TPSA) is 66.9 Å². The Bertz CT molecular complexity index is 819. The van der Waals surface area contributed by atoms with Crippen molar-refractivity contribution in [2.24, 2.45) is 0 Å². The van der Waals surface area contributed by atoms with Gasteiger partial charge < -0.3 is 9.64 Å². The van der Waals surface area contributed by atoms with Crippen LogP contribution >= 0.6 is 0 Å². The Labute approximate surface area is 152 Å². The van der Waals surface area contributed by atoms with E-state index < -0.39 is 17.6 Å². The van der Waals surface area contributed by atoms with E-state index in [4.69, 9.17) is 4.74 Å². The molecule has 1 aromatic rings. The van der Waals surface area contributed by atoms with Crippen LogP contribution in [-0.2, 0) is 19.7 Å².